The number of carbonyl (C=O) groups is 1. The van der Waals surface area contributed by atoms with E-state index >= 15 is 0 Å². The molecule has 1 saturated heterocycles. The van der Waals surface area contributed by atoms with E-state index in [4.69, 9.17) is 4.74 Å². The molecule has 2 aliphatic rings. The average molecular weight is 288 g/mol. The molecule has 0 saturated carbocycles. The van der Waals surface area contributed by atoms with Crippen LogP contribution in [0.4, 0.5) is 0 Å². The number of rotatable bonds is 2. The van der Waals surface area contributed by atoms with Gasteiger partial charge in [0, 0.05) is 24.8 Å². The van der Waals surface area contributed by atoms with Gasteiger partial charge in [-0.1, -0.05) is 6.07 Å². The average Bonchev–Trinajstić information content (AvgIpc) is 2.45. The zero-order valence-electron chi connectivity index (χ0n) is 12.9. The van der Waals surface area contributed by atoms with Crippen molar-refractivity contribution < 1.29 is 9.53 Å². The highest BCUT2D eigenvalue weighted by atomic mass is 16.5. The van der Waals surface area contributed by atoms with E-state index in [-0.39, 0.29) is 17.6 Å². The summed E-state index contributed by atoms with van der Waals surface area (Å²) in [7, 11) is 0. The van der Waals surface area contributed by atoms with Gasteiger partial charge in [0.05, 0.1) is 5.60 Å². The van der Waals surface area contributed by atoms with Crippen molar-refractivity contribution in [2.75, 3.05) is 13.2 Å². The van der Waals surface area contributed by atoms with Gasteiger partial charge in [0.15, 0.2) is 0 Å². The molecule has 114 valence electrons. The standard InChI is InChI=1S/C17H24N2O2/c1-17(2)10-15(6-8-21-17)19-16(20)13-4-3-12-5-7-18-11-14(12)9-13/h3-4,9,15,18H,5-8,10-11H2,1-2H3,(H,19,20). The molecular weight excluding hydrogens is 264 g/mol. The minimum absolute atomic E-state index is 0.0334. The van der Waals surface area contributed by atoms with Gasteiger partial charge in [-0.2, -0.15) is 0 Å². The molecule has 2 heterocycles. The Balaban J connectivity index is 1.68. The van der Waals surface area contributed by atoms with Gasteiger partial charge in [0.2, 0.25) is 0 Å². The third-order valence-electron chi connectivity index (χ3n) is 4.39. The lowest BCUT2D eigenvalue weighted by molar-refractivity contribution is -0.0615. The number of ether oxygens (including phenoxy) is 1. The summed E-state index contributed by atoms with van der Waals surface area (Å²) in [6.07, 6.45) is 2.80. The summed E-state index contributed by atoms with van der Waals surface area (Å²) >= 11 is 0. The van der Waals surface area contributed by atoms with Crippen molar-refractivity contribution in [1.82, 2.24) is 10.6 Å². The highest BCUT2D eigenvalue weighted by Gasteiger charge is 2.29. The van der Waals surface area contributed by atoms with E-state index in [0.29, 0.717) is 6.61 Å². The molecule has 0 aromatic heterocycles. The summed E-state index contributed by atoms with van der Waals surface area (Å²) in [5, 5.41) is 6.51. The quantitative estimate of drug-likeness (QED) is 0.875. The van der Waals surface area contributed by atoms with Crippen LogP contribution in [0.25, 0.3) is 0 Å². The molecule has 4 heteroatoms. The molecule has 0 bridgehead atoms. The minimum atomic E-state index is -0.143. The molecule has 0 spiro atoms. The number of nitrogens with one attached hydrogen (secondary N) is 2. The molecule has 3 rings (SSSR count). The van der Waals surface area contributed by atoms with Gasteiger partial charge in [-0.25, -0.2) is 0 Å². The molecule has 1 amide bonds. The van der Waals surface area contributed by atoms with Crippen molar-refractivity contribution in [2.24, 2.45) is 0 Å². The molecule has 21 heavy (non-hydrogen) atoms. The Morgan fingerprint density at radius 1 is 1.38 bits per heavy atom. The Morgan fingerprint density at radius 2 is 2.24 bits per heavy atom. The first-order valence-electron chi connectivity index (χ1n) is 7.81. The molecule has 0 aliphatic carbocycles. The van der Waals surface area contributed by atoms with Crippen molar-refractivity contribution in [2.45, 2.75) is 51.3 Å². The number of benzene rings is 1. The Kier molecular flexibility index (Phi) is 4.00. The fourth-order valence-electron chi connectivity index (χ4n) is 3.25. The van der Waals surface area contributed by atoms with Crippen LogP contribution in [0.5, 0.6) is 0 Å². The van der Waals surface area contributed by atoms with Crippen LogP contribution in [0.2, 0.25) is 0 Å². The fraction of sp³-hybridized carbons (Fsp3) is 0.588. The van der Waals surface area contributed by atoms with Crippen molar-refractivity contribution in [3.63, 3.8) is 0 Å². The van der Waals surface area contributed by atoms with E-state index in [2.05, 4.69) is 30.5 Å². The molecule has 1 fully saturated rings. The minimum Gasteiger partial charge on any atom is -0.375 e. The molecular formula is C17H24N2O2. The van der Waals surface area contributed by atoms with Gasteiger partial charge < -0.3 is 15.4 Å². The molecule has 1 unspecified atom stereocenters. The molecule has 0 radical (unpaired) electrons. The van der Waals surface area contributed by atoms with Gasteiger partial charge in [-0.15, -0.1) is 0 Å². The lowest BCUT2D eigenvalue weighted by atomic mass is 9.93. The van der Waals surface area contributed by atoms with Crippen molar-refractivity contribution in [3.8, 4) is 0 Å². The first kappa shape index (κ1) is 14.5. The van der Waals surface area contributed by atoms with Crippen LogP contribution in [0.3, 0.4) is 0 Å². The zero-order chi connectivity index (χ0) is 14.9. The Morgan fingerprint density at radius 3 is 3.05 bits per heavy atom. The van der Waals surface area contributed by atoms with E-state index in [0.717, 1.165) is 37.9 Å². The Labute approximate surface area is 126 Å². The van der Waals surface area contributed by atoms with Crippen molar-refractivity contribution in [3.05, 3.63) is 34.9 Å². The normalized spacial score (nSPS) is 24.2. The third kappa shape index (κ3) is 3.44. The maximum absolute atomic E-state index is 12.4. The lowest BCUT2D eigenvalue weighted by Gasteiger charge is -2.35. The summed E-state index contributed by atoms with van der Waals surface area (Å²) < 4.78 is 5.70. The smallest absolute Gasteiger partial charge is 0.251 e. The predicted molar refractivity (Wildman–Crippen MR) is 82.4 cm³/mol. The van der Waals surface area contributed by atoms with E-state index in [1.165, 1.54) is 11.1 Å². The van der Waals surface area contributed by atoms with Crippen LogP contribution in [-0.2, 0) is 17.7 Å². The number of carbonyl (C=O) groups excluding carboxylic acids is 1. The second-order valence-electron chi connectivity index (χ2n) is 6.68. The number of amides is 1. The largest absolute Gasteiger partial charge is 0.375 e. The monoisotopic (exact) mass is 288 g/mol. The van der Waals surface area contributed by atoms with Crippen LogP contribution in [0.15, 0.2) is 18.2 Å². The van der Waals surface area contributed by atoms with Crippen LogP contribution in [-0.4, -0.2) is 30.7 Å². The lowest BCUT2D eigenvalue weighted by Crippen LogP contribution is -2.45. The summed E-state index contributed by atoms with van der Waals surface area (Å²) in [5.74, 6) is 0.0334. The van der Waals surface area contributed by atoms with Crippen LogP contribution >= 0.6 is 0 Å². The summed E-state index contributed by atoms with van der Waals surface area (Å²) in [5.41, 5.74) is 3.23. The molecule has 4 nitrogen and oxygen atoms in total. The molecule has 2 N–H and O–H groups in total. The second-order valence-corrected chi connectivity index (χ2v) is 6.68. The van der Waals surface area contributed by atoms with Crippen molar-refractivity contribution >= 4 is 5.91 Å². The Hall–Kier alpha value is -1.39. The van der Waals surface area contributed by atoms with Gasteiger partial charge >= 0.3 is 0 Å². The highest BCUT2D eigenvalue weighted by molar-refractivity contribution is 5.94. The van der Waals surface area contributed by atoms with E-state index < -0.39 is 0 Å². The van der Waals surface area contributed by atoms with Gasteiger partial charge in [0.1, 0.15) is 0 Å². The highest BCUT2D eigenvalue weighted by Crippen LogP contribution is 2.24. The number of hydrogen-bond donors (Lipinski definition) is 2. The van der Waals surface area contributed by atoms with E-state index in [1.54, 1.807) is 0 Å². The fourth-order valence-corrected chi connectivity index (χ4v) is 3.25. The topological polar surface area (TPSA) is 50.4 Å². The summed E-state index contributed by atoms with van der Waals surface area (Å²) in [6.45, 7) is 6.76. The van der Waals surface area contributed by atoms with E-state index in [1.807, 2.05) is 12.1 Å². The first-order chi connectivity index (χ1) is 10.0. The predicted octanol–water partition coefficient (Wildman–Crippen LogP) is 2.02. The van der Waals surface area contributed by atoms with Crippen LogP contribution < -0.4 is 10.6 Å². The van der Waals surface area contributed by atoms with E-state index in [9.17, 15) is 4.79 Å². The maximum atomic E-state index is 12.4. The molecule has 2 aliphatic heterocycles. The third-order valence-corrected chi connectivity index (χ3v) is 4.39. The maximum Gasteiger partial charge on any atom is 0.251 e. The molecule has 1 atom stereocenters. The second kappa shape index (κ2) is 5.78. The molecule has 1 aromatic rings. The first-order valence-corrected chi connectivity index (χ1v) is 7.81. The Bertz CT molecular complexity index is 540. The van der Waals surface area contributed by atoms with Crippen LogP contribution in [0.1, 0.15) is 48.2 Å². The molecule has 1 aromatic carbocycles. The number of hydrogen-bond acceptors (Lipinski definition) is 3. The summed E-state index contributed by atoms with van der Waals surface area (Å²) in [6, 6.07) is 6.28. The SMILES string of the molecule is CC1(C)CC(NC(=O)c2ccc3c(c2)CNCC3)CCO1. The van der Waals surface area contributed by atoms with Gasteiger partial charge in [-0.05, 0) is 62.9 Å². The van der Waals surface area contributed by atoms with Crippen molar-refractivity contribution in [1.29, 1.82) is 0 Å². The van der Waals surface area contributed by atoms with Gasteiger partial charge in [0.25, 0.3) is 5.91 Å². The number of fused-ring (bicyclic) bond motifs is 1. The van der Waals surface area contributed by atoms with Gasteiger partial charge in [-0.3, -0.25) is 4.79 Å². The summed E-state index contributed by atoms with van der Waals surface area (Å²) in [4.78, 5) is 12.4. The van der Waals surface area contributed by atoms with Crippen LogP contribution in [0, 0.1) is 0 Å². The zero-order valence-corrected chi connectivity index (χ0v) is 12.9.